The lowest BCUT2D eigenvalue weighted by Crippen LogP contribution is -2.36. The normalized spacial score (nSPS) is 18.1. The molecule has 0 bridgehead atoms. The van der Waals surface area contributed by atoms with E-state index in [1.807, 2.05) is 31.2 Å². The molecule has 1 atom stereocenters. The molecule has 6 heteroatoms. The van der Waals surface area contributed by atoms with E-state index in [9.17, 15) is 4.79 Å². The summed E-state index contributed by atoms with van der Waals surface area (Å²) in [5.74, 6) is 0.740. The van der Waals surface area contributed by atoms with E-state index in [0.717, 1.165) is 36.6 Å². The molecule has 122 valence electrons. The fourth-order valence-corrected chi connectivity index (χ4v) is 2.93. The number of nitrogens with one attached hydrogen (secondary N) is 1. The molecule has 1 aromatic heterocycles. The molecule has 0 unspecified atom stereocenters. The summed E-state index contributed by atoms with van der Waals surface area (Å²) in [6.07, 6.45) is 2.63. The van der Waals surface area contributed by atoms with Gasteiger partial charge in [0.05, 0.1) is 30.3 Å². The second-order valence-corrected chi connectivity index (χ2v) is 5.97. The number of likely N-dealkylation sites (N-methyl/N-ethyl adjacent to an activating group) is 1. The number of amides is 1. The van der Waals surface area contributed by atoms with E-state index in [1.165, 1.54) is 0 Å². The highest BCUT2D eigenvalue weighted by Gasteiger charge is 2.23. The maximum Gasteiger partial charge on any atom is 0.255 e. The van der Waals surface area contributed by atoms with Crippen LogP contribution in [0.1, 0.15) is 22.5 Å². The molecule has 1 aliphatic rings. The fourth-order valence-electron chi connectivity index (χ4n) is 2.93. The highest BCUT2D eigenvalue weighted by Crippen LogP contribution is 2.18. The number of hydrogen-bond acceptors (Lipinski definition) is 4. The zero-order chi connectivity index (χ0) is 16.4. The van der Waals surface area contributed by atoms with Crippen molar-refractivity contribution in [2.45, 2.75) is 19.4 Å². The topological polar surface area (TPSA) is 59.4 Å². The predicted octanol–water partition coefficient (Wildman–Crippen LogP) is 1.62. The Morgan fingerprint density at radius 1 is 1.35 bits per heavy atom. The van der Waals surface area contributed by atoms with Gasteiger partial charge in [0.25, 0.3) is 5.91 Å². The molecular formula is C17H22N4O2. The average Bonchev–Trinajstić information content (AvgIpc) is 3.13. The van der Waals surface area contributed by atoms with E-state index >= 15 is 0 Å². The fraction of sp³-hybridized carbons (Fsp3) is 0.412. The van der Waals surface area contributed by atoms with Crippen molar-refractivity contribution in [2.24, 2.45) is 0 Å². The van der Waals surface area contributed by atoms with Crippen molar-refractivity contribution < 1.29 is 9.53 Å². The molecule has 1 amide bonds. The minimum atomic E-state index is -0.0532. The molecule has 0 saturated carbocycles. The molecule has 0 spiro atoms. The van der Waals surface area contributed by atoms with Crippen LogP contribution in [-0.4, -0.2) is 53.9 Å². The number of likely N-dealkylation sites (tertiary alicyclic amines) is 1. The van der Waals surface area contributed by atoms with E-state index < -0.39 is 0 Å². The predicted molar refractivity (Wildman–Crippen MR) is 88.2 cm³/mol. The Kier molecular flexibility index (Phi) is 4.34. The molecular weight excluding hydrogens is 292 g/mol. The standard InChI is InChI=1S/C17H22N4O2/c1-12-16(17(22)19-13-8-9-20(2)11-13)10-18-21(12)14-4-6-15(23-3)7-5-14/h4-7,10,13H,8-9,11H2,1-3H3,(H,19,22)/t13-/m1/s1. The van der Waals surface area contributed by atoms with Crippen LogP contribution in [0.3, 0.4) is 0 Å². The number of carbonyl (C=O) groups is 1. The van der Waals surface area contributed by atoms with Crippen molar-refractivity contribution >= 4 is 5.91 Å². The zero-order valence-electron chi connectivity index (χ0n) is 13.7. The van der Waals surface area contributed by atoms with Gasteiger partial charge in [0.1, 0.15) is 5.75 Å². The van der Waals surface area contributed by atoms with Crippen molar-refractivity contribution in [2.75, 3.05) is 27.2 Å². The van der Waals surface area contributed by atoms with Crippen LogP contribution in [0.2, 0.25) is 0 Å². The lowest BCUT2D eigenvalue weighted by Gasteiger charge is -2.12. The molecule has 1 aromatic carbocycles. The van der Waals surface area contributed by atoms with E-state index in [2.05, 4.69) is 22.4 Å². The van der Waals surface area contributed by atoms with Crippen LogP contribution in [0, 0.1) is 6.92 Å². The molecule has 1 saturated heterocycles. The van der Waals surface area contributed by atoms with Crippen molar-refractivity contribution in [3.05, 3.63) is 41.7 Å². The molecule has 1 fully saturated rings. The lowest BCUT2D eigenvalue weighted by atomic mass is 10.2. The van der Waals surface area contributed by atoms with Gasteiger partial charge in [-0.05, 0) is 51.2 Å². The highest BCUT2D eigenvalue weighted by atomic mass is 16.5. The summed E-state index contributed by atoms with van der Waals surface area (Å²) in [5, 5.41) is 7.45. The number of benzene rings is 1. The van der Waals surface area contributed by atoms with Gasteiger partial charge < -0.3 is 15.0 Å². The molecule has 6 nitrogen and oxygen atoms in total. The second kappa shape index (κ2) is 6.42. The Morgan fingerprint density at radius 2 is 2.09 bits per heavy atom. The lowest BCUT2D eigenvalue weighted by molar-refractivity contribution is 0.0938. The van der Waals surface area contributed by atoms with Gasteiger partial charge in [-0.15, -0.1) is 0 Å². The number of rotatable bonds is 4. The Morgan fingerprint density at radius 3 is 2.70 bits per heavy atom. The number of hydrogen-bond donors (Lipinski definition) is 1. The summed E-state index contributed by atoms with van der Waals surface area (Å²) in [6, 6.07) is 7.82. The first-order valence-corrected chi connectivity index (χ1v) is 7.77. The third-order valence-corrected chi connectivity index (χ3v) is 4.30. The van der Waals surface area contributed by atoms with Gasteiger partial charge in [0.2, 0.25) is 0 Å². The highest BCUT2D eigenvalue weighted by molar-refractivity contribution is 5.95. The Labute approximate surface area is 136 Å². The van der Waals surface area contributed by atoms with Gasteiger partial charge in [-0.3, -0.25) is 4.79 Å². The maximum absolute atomic E-state index is 12.5. The van der Waals surface area contributed by atoms with Crippen molar-refractivity contribution in [3.63, 3.8) is 0 Å². The smallest absolute Gasteiger partial charge is 0.255 e. The van der Waals surface area contributed by atoms with Gasteiger partial charge in [0, 0.05) is 12.6 Å². The summed E-state index contributed by atoms with van der Waals surface area (Å²) >= 11 is 0. The first kappa shape index (κ1) is 15.6. The third-order valence-electron chi connectivity index (χ3n) is 4.30. The van der Waals surface area contributed by atoms with Gasteiger partial charge in [-0.1, -0.05) is 0 Å². The number of carbonyl (C=O) groups excluding carboxylic acids is 1. The molecule has 1 aliphatic heterocycles. The number of ether oxygens (including phenoxy) is 1. The Balaban J connectivity index is 1.76. The van der Waals surface area contributed by atoms with E-state index in [0.29, 0.717) is 5.56 Å². The summed E-state index contributed by atoms with van der Waals surface area (Å²) in [5.41, 5.74) is 2.36. The average molecular weight is 314 g/mol. The van der Waals surface area contributed by atoms with Gasteiger partial charge in [0.15, 0.2) is 0 Å². The molecule has 1 N–H and O–H groups in total. The molecule has 2 heterocycles. The maximum atomic E-state index is 12.5. The first-order valence-electron chi connectivity index (χ1n) is 7.77. The van der Waals surface area contributed by atoms with Gasteiger partial charge in [-0.25, -0.2) is 4.68 Å². The van der Waals surface area contributed by atoms with Crippen LogP contribution in [0.5, 0.6) is 5.75 Å². The van der Waals surface area contributed by atoms with Crippen LogP contribution in [0.4, 0.5) is 0 Å². The van der Waals surface area contributed by atoms with E-state index in [4.69, 9.17) is 4.74 Å². The Hall–Kier alpha value is -2.34. The van der Waals surface area contributed by atoms with E-state index in [1.54, 1.807) is 18.0 Å². The van der Waals surface area contributed by atoms with Crippen LogP contribution >= 0.6 is 0 Å². The van der Waals surface area contributed by atoms with E-state index in [-0.39, 0.29) is 11.9 Å². The van der Waals surface area contributed by atoms with Crippen LogP contribution < -0.4 is 10.1 Å². The van der Waals surface area contributed by atoms with Crippen LogP contribution in [0.15, 0.2) is 30.5 Å². The van der Waals surface area contributed by atoms with Crippen LogP contribution in [-0.2, 0) is 0 Å². The molecule has 0 radical (unpaired) electrons. The van der Waals surface area contributed by atoms with Gasteiger partial charge >= 0.3 is 0 Å². The third kappa shape index (κ3) is 3.22. The van der Waals surface area contributed by atoms with Crippen molar-refractivity contribution in [3.8, 4) is 11.4 Å². The number of methoxy groups -OCH3 is 1. The summed E-state index contributed by atoms with van der Waals surface area (Å²) < 4.78 is 6.94. The first-order chi connectivity index (χ1) is 11.1. The summed E-state index contributed by atoms with van der Waals surface area (Å²) in [7, 11) is 3.70. The molecule has 2 aromatic rings. The second-order valence-electron chi connectivity index (χ2n) is 5.97. The quantitative estimate of drug-likeness (QED) is 0.932. The minimum absolute atomic E-state index is 0.0532. The molecule has 3 rings (SSSR count). The van der Waals surface area contributed by atoms with Crippen molar-refractivity contribution in [1.29, 1.82) is 0 Å². The SMILES string of the molecule is COc1ccc(-n2ncc(C(=O)N[C@@H]3CCN(C)C3)c2C)cc1. The minimum Gasteiger partial charge on any atom is -0.497 e. The molecule has 23 heavy (non-hydrogen) atoms. The zero-order valence-corrected chi connectivity index (χ0v) is 13.7. The number of nitrogens with zero attached hydrogens (tertiary/aromatic N) is 3. The van der Waals surface area contributed by atoms with Crippen LogP contribution in [0.25, 0.3) is 5.69 Å². The van der Waals surface area contributed by atoms with Gasteiger partial charge in [-0.2, -0.15) is 5.10 Å². The summed E-state index contributed by atoms with van der Waals surface area (Å²) in [4.78, 5) is 14.7. The monoisotopic (exact) mass is 314 g/mol. The summed E-state index contributed by atoms with van der Waals surface area (Å²) in [6.45, 7) is 3.83. The molecule has 0 aliphatic carbocycles. The largest absolute Gasteiger partial charge is 0.497 e. The van der Waals surface area contributed by atoms with Crippen molar-refractivity contribution in [1.82, 2.24) is 20.0 Å². The number of aromatic nitrogens is 2. The Bertz CT molecular complexity index is 693.